The van der Waals surface area contributed by atoms with E-state index in [2.05, 4.69) is 41.0 Å². The van der Waals surface area contributed by atoms with Crippen LogP contribution in [0.5, 0.6) is 0 Å². The maximum absolute atomic E-state index is 5.42. The van der Waals surface area contributed by atoms with Gasteiger partial charge in [0.2, 0.25) is 11.9 Å². The monoisotopic (exact) mass is 195 g/mol. The van der Waals surface area contributed by atoms with Crippen LogP contribution in [-0.4, -0.2) is 21.5 Å². The Morgan fingerprint density at radius 2 is 2.07 bits per heavy atom. The van der Waals surface area contributed by atoms with Gasteiger partial charge in [-0.2, -0.15) is 4.98 Å². The molecule has 0 saturated heterocycles. The number of nitrogens with two attached hydrogens (primary N) is 1. The molecule has 14 heavy (non-hydrogen) atoms. The molecule has 0 aliphatic heterocycles. The molecule has 1 rings (SSSR count). The molecule has 1 unspecified atom stereocenters. The molecule has 0 aromatic carbocycles. The average Bonchev–Trinajstić information content (AvgIpc) is 2.14. The number of nitrogen functional groups attached to an aromatic ring is 1. The van der Waals surface area contributed by atoms with Crippen LogP contribution in [0.1, 0.15) is 20.8 Å². The smallest absolute Gasteiger partial charge is 0.227 e. The molecule has 5 nitrogen and oxygen atoms in total. The van der Waals surface area contributed by atoms with Crippen molar-refractivity contribution in [3.05, 3.63) is 6.33 Å². The highest BCUT2D eigenvalue weighted by Gasteiger charge is 2.07. The number of anilines is 2. The predicted molar refractivity (Wildman–Crippen MR) is 56.7 cm³/mol. The summed E-state index contributed by atoms with van der Waals surface area (Å²) in [5.41, 5.74) is 5.42. The van der Waals surface area contributed by atoms with E-state index < -0.39 is 0 Å². The molecule has 3 N–H and O–H groups in total. The Morgan fingerprint density at radius 1 is 1.36 bits per heavy atom. The molecule has 0 radical (unpaired) electrons. The van der Waals surface area contributed by atoms with Gasteiger partial charge in [0, 0.05) is 6.54 Å². The summed E-state index contributed by atoms with van der Waals surface area (Å²) in [6.07, 6.45) is 1.41. The van der Waals surface area contributed by atoms with E-state index in [1.54, 1.807) is 0 Å². The number of hydrogen-bond donors (Lipinski definition) is 2. The van der Waals surface area contributed by atoms with Crippen LogP contribution in [0.25, 0.3) is 0 Å². The lowest BCUT2D eigenvalue weighted by molar-refractivity contribution is 0.439. The second kappa shape index (κ2) is 4.74. The van der Waals surface area contributed by atoms with E-state index in [1.165, 1.54) is 6.33 Å². The van der Waals surface area contributed by atoms with Gasteiger partial charge >= 0.3 is 0 Å². The molecule has 1 aromatic heterocycles. The fraction of sp³-hybridized carbons (Fsp3) is 0.667. The van der Waals surface area contributed by atoms with Crippen molar-refractivity contribution in [3.63, 3.8) is 0 Å². The van der Waals surface area contributed by atoms with Gasteiger partial charge in [-0.25, -0.2) is 9.97 Å². The van der Waals surface area contributed by atoms with Gasteiger partial charge in [0.15, 0.2) is 0 Å². The fourth-order valence-corrected chi connectivity index (χ4v) is 0.882. The molecule has 0 amide bonds. The molecular weight excluding hydrogens is 178 g/mol. The van der Waals surface area contributed by atoms with Crippen LogP contribution in [0.2, 0.25) is 0 Å². The third-order valence-corrected chi connectivity index (χ3v) is 2.31. The minimum Gasteiger partial charge on any atom is -0.368 e. The number of aromatic nitrogens is 3. The van der Waals surface area contributed by atoms with Crippen LogP contribution in [0, 0.1) is 11.8 Å². The highest BCUT2D eigenvalue weighted by Crippen LogP contribution is 2.09. The lowest BCUT2D eigenvalue weighted by Gasteiger charge is -2.15. The van der Waals surface area contributed by atoms with Crippen molar-refractivity contribution >= 4 is 11.9 Å². The Bertz CT molecular complexity index is 286. The first-order chi connectivity index (χ1) is 6.59. The molecule has 5 heteroatoms. The number of hydrogen-bond acceptors (Lipinski definition) is 5. The van der Waals surface area contributed by atoms with Gasteiger partial charge in [0.1, 0.15) is 6.33 Å². The van der Waals surface area contributed by atoms with Crippen molar-refractivity contribution in [2.75, 3.05) is 17.6 Å². The quantitative estimate of drug-likeness (QED) is 0.753. The van der Waals surface area contributed by atoms with Crippen molar-refractivity contribution in [3.8, 4) is 0 Å². The summed E-state index contributed by atoms with van der Waals surface area (Å²) in [4.78, 5) is 11.6. The van der Waals surface area contributed by atoms with Crippen molar-refractivity contribution in [2.45, 2.75) is 20.8 Å². The summed E-state index contributed by atoms with van der Waals surface area (Å²) >= 11 is 0. The molecular formula is C9H17N5. The van der Waals surface area contributed by atoms with Crippen molar-refractivity contribution in [2.24, 2.45) is 11.8 Å². The Kier molecular flexibility index (Phi) is 3.62. The average molecular weight is 195 g/mol. The van der Waals surface area contributed by atoms with E-state index in [9.17, 15) is 0 Å². The molecule has 0 aliphatic rings. The van der Waals surface area contributed by atoms with Gasteiger partial charge in [-0.1, -0.05) is 20.8 Å². The summed E-state index contributed by atoms with van der Waals surface area (Å²) in [7, 11) is 0. The van der Waals surface area contributed by atoms with Gasteiger partial charge < -0.3 is 11.1 Å². The Labute approximate surface area is 84.2 Å². The first-order valence-corrected chi connectivity index (χ1v) is 4.78. The molecule has 0 aliphatic carbocycles. The Morgan fingerprint density at radius 3 is 2.64 bits per heavy atom. The fourth-order valence-electron chi connectivity index (χ4n) is 0.882. The standard InChI is InChI=1S/C9H17N5/c1-6(2)7(3)4-11-9-13-5-12-8(10)14-9/h5-7H,4H2,1-3H3,(H3,10,11,12,13,14). The third-order valence-electron chi connectivity index (χ3n) is 2.31. The molecule has 1 atom stereocenters. The summed E-state index contributed by atoms with van der Waals surface area (Å²) in [6, 6.07) is 0. The summed E-state index contributed by atoms with van der Waals surface area (Å²) in [5.74, 6) is 2.01. The zero-order valence-electron chi connectivity index (χ0n) is 8.86. The van der Waals surface area contributed by atoms with E-state index in [0.717, 1.165) is 6.54 Å². The van der Waals surface area contributed by atoms with Crippen molar-refractivity contribution in [1.82, 2.24) is 15.0 Å². The number of rotatable bonds is 4. The lowest BCUT2D eigenvalue weighted by Crippen LogP contribution is -2.17. The van der Waals surface area contributed by atoms with Crippen LogP contribution >= 0.6 is 0 Å². The first kappa shape index (κ1) is 10.7. The van der Waals surface area contributed by atoms with E-state index >= 15 is 0 Å². The van der Waals surface area contributed by atoms with Crippen LogP contribution in [0.15, 0.2) is 6.33 Å². The van der Waals surface area contributed by atoms with Crippen LogP contribution in [0.4, 0.5) is 11.9 Å². The zero-order chi connectivity index (χ0) is 10.6. The highest BCUT2D eigenvalue weighted by molar-refractivity contribution is 5.28. The molecule has 0 bridgehead atoms. The minimum absolute atomic E-state index is 0.250. The van der Waals surface area contributed by atoms with Gasteiger partial charge in [-0.3, -0.25) is 0 Å². The normalized spacial score (nSPS) is 12.9. The largest absolute Gasteiger partial charge is 0.368 e. The molecule has 0 saturated carbocycles. The molecule has 78 valence electrons. The van der Waals surface area contributed by atoms with Gasteiger partial charge in [0.25, 0.3) is 0 Å². The van der Waals surface area contributed by atoms with Crippen molar-refractivity contribution in [1.29, 1.82) is 0 Å². The summed E-state index contributed by atoms with van der Waals surface area (Å²) < 4.78 is 0. The SMILES string of the molecule is CC(C)C(C)CNc1ncnc(N)n1. The van der Waals surface area contributed by atoms with Crippen molar-refractivity contribution < 1.29 is 0 Å². The topological polar surface area (TPSA) is 76.7 Å². The predicted octanol–water partition coefficient (Wildman–Crippen LogP) is 1.16. The first-order valence-electron chi connectivity index (χ1n) is 4.78. The van der Waals surface area contributed by atoms with Crippen LogP contribution in [0.3, 0.4) is 0 Å². The maximum atomic E-state index is 5.42. The minimum atomic E-state index is 0.250. The lowest BCUT2D eigenvalue weighted by atomic mass is 9.98. The van der Waals surface area contributed by atoms with Gasteiger partial charge in [-0.15, -0.1) is 0 Å². The van der Waals surface area contributed by atoms with Crippen LogP contribution in [-0.2, 0) is 0 Å². The number of nitrogens with zero attached hydrogens (tertiary/aromatic N) is 3. The highest BCUT2D eigenvalue weighted by atomic mass is 15.2. The maximum Gasteiger partial charge on any atom is 0.227 e. The van der Waals surface area contributed by atoms with E-state index in [0.29, 0.717) is 17.8 Å². The van der Waals surface area contributed by atoms with E-state index in [1.807, 2.05) is 0 Å². The Hall–Kier alpha value is -1.39. The molecule has 0 spiro atoms. The second-order valence-corrected chi connectivity index (χ2v) is 3.77. The zero-order valence-corrected chi connectivity index (χ0v) is 8.86. The van der Waals surface area contributed by atoms with Gasteiger partial charge in [-0.05, 0) is 11.8 Å². The Balaban J connectivity index is 2.45. The van der Waals surface area contributed by atoms with E-state index in [4.69, 9.17) is 5.73 Å². The van der Waals surface area contributed by atoms with Crippen LogP contribution < -0.4 is 11.1 Å². The second-order valence-electron chi connectivity index (χ2n) is 3.77. The van der Waals surface area contributed by atoms with E-state index in [-0.39, 0.29) is 5.95 Å². The summed E-state index contributed by atoms with van der Waals surface area (Å²) in [5, 5.41) is 3.12. The molecule has 1 aromatic rings. The number of nitrogens with one attached hydrogen (secondary N) is 1. The third kappa shape index (κ3) is 3.16. The summed E-state index contributed by atoms with van der Waals surface area (Å²) in [6.45, 7) is 7.41. The molecule has 1 heterocycles. The molecule has 0 fully saturated rings. The van der Waals surface area contributed by atoms with Gasteiger partial charge in [0.05, 0.1) is 0 Å².